The van der Waals surface area contributed by atoms with Crippen molar-refractivity contribution in [3.63, 3.8) is 0 Å². The summed E-state index contributed by atoms with van der Waals surface area (Å²) in [5.74, 6) is -0.307. The minimum Gasteiger partial charge on any atom is -0.469 e. The quantitative estimate of drug-likeness (QED) is 0.757. The Hall–Kier alpha value is -1.79. The largest absolute Gasteiger partial charge is 0.469 e. The van der Waals surface area contributed by atoms with E-state index in [2.05, 4.69) is 4.74 Å². The summed E-state index contributed by atoms with van der Waals surface area (Å²) in [5.41, 5.74) is 1.28. The van der Waals surface area contributed by atoms with E-state index in [0.29, 0.717) is 10.6 Å². The molecule has 82 valence electrons. The number of nitrogens with zero attached hydrogens (tertiary/aromatic N) is 1. The number of halogens is 1. The smallest absolute Gasteiger partial charge is 0.309 e. The number of hydrogen-bond donors (Lipinski definition) is 0. The van der Waals surface area contributed by atoms with Gasteiger partial charge in [-0.1, -0.05) is 23.8 Å². The van der Waals surface area contributed by atoms with Gasteiger partial charge in [0.1, 0.15) is 0 Å². The lowest BCUT2D eigenvalue weighted by atomic mass is 10.1. The molecular formula is C12H10ClNO2. The van der Waals surface area contributed by atoms with E-state index in [-0.39, 0.29) is 12.4 Å². The maximum atomic E-state index is 10.8. The van der Waals surface area contributed by atoms with Crippen LogP contribution < -0.4 is 0 Å². The van der Waals surface area contributed by atoms with Crippen molar-refractivity contribution in [2.75, 3.05) is 7.11 Å². The molecule has 0 fully saturated rings. The third kappa shape index (κ3) is 3.76. The predicted molar refractivity (Wildman–Crippen MR) is 61.8 cm³/mol. The van der Waals surface area contributed by atoms with Gasteiger partial charge in [-0.05, 0) is 23.8 Å². The number of hydrogen-bond acceptors (Lipinski definition) is 3. The van der Waals surface area contributed by atoms with Gasteiger partial charge in [-0.15, -0.1) is 0 Å². The molecule has 16 heavy (non-hydrogen) atoms. The van der Waals surface area contributed by atoms with Crippen molar-refractivity contribution >= 4 is 23.6 Å². The molecule has 1 aromatic carbocycles. The zero-order valence-electron chi connectivity index (χ0n) is 8.74. The molecule has 0 aliphatic carbocycles. The minimum absolute atomic E-state index is 0.199. The summed E-state index contributed by atoms with van der Waals surface area (Å²) in [6.07, 6.45) is 3.59. The molecule has 1 aromatic rings. The van der Waals surface area contributed by atoms with Gasteiger partial charge in [0.2, 0.25) is 0 Å². The molecular weight excluding hydrogens is 226 g/mol. The zero-order chi connectivity index (χ0) is 12.0. The summed E-state index contributed by atoms with van der Waals surface area (Å²) in [5, 5.41) is 9.23. The first-order valence-electron chi connectivity index (χ1n) is 4.59. The highest BCUT2D eigenvalue weighted by Crippen LogP contribution is 2.15. The number of nitriles is 1. The van der Waals surface area contributed by atoms with Crippen LogP contribution in [0.4, 0.5) is 0 Å². The molecule has 0 spiro atoms. The van der Waals surface area contributed by atoms with Crippen molar-refractivity contribution in [2.45, 2.75) is 6.42 Å². The lowest BCUT2D eigenvalue weighted by Gasteiger charge is -1.97. The normalized spacial score (nSPS) is 10.1. The van der Waals surface area contributed by atoms with Crippen LogP contribution in [0.2, 0.25) is 5.02 Å². The van der Waals surface area contributed by atoms with Crippen LogP contribution in [0.25, 0.3) is 6.08 Å². The topological polar surface area (TPSA) is 50.1 Å². The monoisotopic (exact) mass is 235 g/mol. The van der Waals surface area contributed by atoms with Gasteiger partial charge in [-0.3, -0.25) is 4.79 Å². The van der Waals surface area contributed by atoms with Gasteiger partial charge in [0.05, 0.1) is 25.2 Å². The highest BCUT2D eigenvalue weighted by atomic mass is 35.5. The van der Waals surface area contributed by atoms with Crippen molar-refractivity contribution in [3.8, 4) is 6.07 Å². The van der Waals surface area contributed by atoms with Gasteiger partial charge in [0.15, 0.2) is 0 Å². The number of methoxy groups -OCH3 is 1. The first kappa shape index (κ1) is 12.3. The third-order valence-electron chi connectivity index (χ3n) is 1.87. The maximum absolute atomic E-state index is 10.8. The Kier molecular flexibility index (Phi) is 4.56. The molecule has 0 atom stereocenters. The second-order valence-corrected chi connectivity index (χ2v) is 3.50. The Morgan fingerprint density at radius 2 is 2.31 bits per heavy atom. The van der Waals surface area contributed by atoms with E-state index in [4.69, 9.17) is 16.9 Å². The summed E-state index contributed by atoms with van der Waals surface area (Å²) in [4.78, 5) is 10.8. The van der Waals surface area contributed by atoms with E-state index in [1.165, 1.54) is 7.11 Å². The first-order chi connectivity index (χ1) is 7.65. The van der Waals surface area contributed by atoms with Gasteiger partial charge in [0, 0.05) is 5.02 Å². The molecule has 0 unspecified atom stereocenters. The molecule has 0 N–H and O–H groups in total. The predicted octanol–water partition coefficient (Wildman–Crippen LogP) is 2.79. The van der Waals surface area contributed by atoms with Gasteiger partial charge >= 0.3 is 5.97 Å². The summed E-state index contributed by atoms with van der Waals surface area (Å²) < 4.78 is 4.49. The van der Waals surface area contributed by atoms with Crippen molar-refractivity contribution in [1.29, 1.82) is 5.26 Å². The van der Waals surface area contributed by atoms with E-state index < -0.39 is 0 Å². The number of ether oxygens (including phenoxy) is 1. The summed E-state index contributed by atoms with van der Waals surface area (Å²) in [6.45, 7) is 0. The van der Waals surface area contributed by atoms with E-state index in [1.807, 2.05) is 6.07 Å². The van der Waals surface area contributed by atoms with Crippen LogP contribution in [-0.4, -0.2) is 13.1 Å². The third-order valence-corrected chi connectivity index (χ3v) is 2.09. The Bertz CT molecular complexity index is 461. The number of esters is 1. The van der Waals surface area contributed by atoms with E-state index in [1.54, 1.807) is 30.4 Å². The Morgan fingerprint density at radius 1 is 1.56 bits per heavy atom. The average molecular weight is 236 g/mol. The molecule has 0 saturated carbocycles. The Labute approximate surface area is 98.9 Å². The number of rotatable bonds is 3. The van der Waals surface area contributed by atoms with Crippen molar-refractivity contribution in [3.05, 3.63) is 40.4 Å². The highest BCUT2D eigenvalue weighted by molar-refractivity contribution is 6.30. The molecule has 0 saturated heterocycles. The van der Waals surface area contributed by atoms with Gasteiger partial charge < -0.3 is 4.74 Å². The van der Waals surface area contributed by atoms with E-state index >= 15 is 0 Å². The van der Waals surface area contributed by atoms with Crippen LogP contribution in [0.15, 0.2) is 24.3 Å². The standard InChI is InChI=1S/C12H10ClNO2/c1-16-12(15)4-2-3-9-5-10(8-14)7-11(13)6-9/h2-3,5-7H,4H2,1H3. The fourth-order valence-electron chi connectivity index (χ4n) is 1.15. The summed E-state index contributed by atoms with van der Waals surface area (Å²) in [6, 6.07) is 7.00. The lowest BCUT2D eigenvalue weighted by Crippen LogP contribution is -1.96. The molecule has 4 heteroatoms. The first-order valence-corrected chi connectivity index (χ1v) is 4.97. The number of benzene rings is 1. The van der Waals surface area contributed by atoms with Crippen molar-refractivity contribution < 1.29 is 9.53 Å². The fourth-order valence-corrected chi connectivity index (χ4v) is 1.39. The van der Waals surface area contributed by atoms with Crippen LogP contribution in [0.3, 0.4) is 0 Å². The Morgan fingerprint density at radius 3 is 2.94 bits per heavy atom. The van der Waals surface area contributed by atoms with E-state index in [9.17, 15) is 4.79 Å². The molecule has 0 heterocycles. The molecule has 0 bridgehead atoms. The number of carbonyl (C=O) groups is 1. The lowest BCUT2D eigenvalue weighted by molar-refractivity contribution is -0.139. The maximum Gasteiger partial charge on any atom is 0.309 e. The summed E-state index contributed by atoms with van der Waals surface area (Å²) >= 11 is 5.82. The molecule has 0 aliphatic heterocycles. The second kappa shape index (κ2) is 5.94. The average Bonchev–Trinajstić information content (AvgIpc) is 2.28. The van der Waals surface area contributed by atoms with Crippen molar-refractivity contribution in [1.82, 2.24) is 0 Å². The molecule has 0 amide bonds. The fraction of sp³-hybridized carbons (Fsp3) is 0.167. The van der Waals surface area contributed by atoms with Crippen LogP contribution in [-0.2, 0) is 9.53 Å². The molecule has 1 rings (SSSR count). The minimum atomic E-state index is -0.307. The molecule has 0 aliphatic rings. The van der Waals surface area contributed by atoms with E-state index in [0.717, 1.165) is 5.56 Å². The Balaban J connectivity index is 2.78. The zero-order valence-corrected chi connectivity index (χ0v) is 9.49. The van der Waals surface area contributed by atoms with Gasteiger partial charge in [-0.25, -0.2) is 0 Å². The number of carbonyl (C=O) groups excluding carboxylic acids is 1. The SMILES string of the molecule is COC(=O)CC=Cc1cc(Cl)cc(C#N)c1. The van der Waals surface area contributed by atoms with Crippen LogP contribution in [0.1, 0.15) is 17.5 Å². The summed E-state index contributed by atoms with van der Waals surface area (Å²) in [7, 11) is 1.34. The van der Waals surface area contributed by atoms with Crippen LogP contribution >= 0.6 is 11.6 Å². The van der Waals surface area contributed by atoms with Crippen LogP contribution in [0, 0.1) is 11.3 Å². The second-order valence-electron chi connectivity index (χ2n) is 3.07. The van der Waals surface area contributed by atoms with Crippen LogP contribution in [0.5, 0.6) is 0 Å². The van der Waals surface area contributed by atoms with Gasteiger partial charge in [0.25, 0.3) is 0 Å². The highest BCUT2D eigenvalue weighted by Gasteiger charge is 1.97. The molecule has 3 nitrogen and oxygen atoms in total. The molecule has 0 aromatic heterocycles. The van der Waals surface area contributed by atoms with Gasteiger partial charge in [-0.2, -0.15) is 5.26 Å². The van der Waals surface area contributed by atoms with Crippen molar-refractivity contribution in [2.24, 2.45) is 0 Å². The molecule has 0 radical (unpaired) electrons.